The topological polar surface area (TPSA) is 42.0 Å². The SMILES string of the molecule is CCOc1ccc(C2SCC3C(=O)N(c4ccc(Br)cc4)C(=S)N32)cc1OC. The number of thioether (sulfide) groups is 1. The van der Waals surface area contributed by atoms with Crippen molar-refractivity contribution in [3.8, 4) is 11.5 Å². The van der Waals surface area contributed by atoms with Gasteiger partial charge in [-0.1, -0.05) is 22.0 Å². The van der Waals surface area contributed by atoms with Gasteiger partial charge in [0.15, 0.2) is 16.6 Å². The molecule has 1 amide bonds. The number of benzene rings is 2. The first-order valence-corrected chi connectivity index (χ1v) is 11.1. The zero-order chi connectivity index (χ0) is 19.8. The van der Waals surface area contributed by atoms with Crippen molar-refractivity contribution in [1.29, 1.82) is 0 Å². The molecule has 0 aliphatic carbocycles. The van der Waals surface area contributed by atoms with Crippen LogP contribution in [-0.4, -0.2) is 41.4 Å². The van der Waals surface area contributed by atoms with Crippen molar-refractivity contribution >= 4 is 56.6 Å². The first-order chi connectivity index (χ1) is 13.5. The second-order valence-corrected chi connectivity index (χ2v) is 8.78. The lowest BCUT2D eigenvalue weighted by Crippen LogP contribution is -2.33. The van der Waals surface area contributed by atoms with E-state index in [1.807, 2.05) is 54.3 Å². The number of carbonyl (C=O) groups excluding carboxylic acids is 1. The molecule has 0 N–H and O–H groups in total. The molecule has 2 atom stereocenters. The van der Waals surface area contributed by atoms with Gasteiger partial charge < -0.3 is 14.4 Å². The number of ether oxygens (including phenoxy) is 2. The second kappa shape index (κ2) is 7.93. The fourth-order valence-corrected chi connectivity index (χ4v) is 5.66. The molecule has 0 radical (unpaired) electrons. The summed E-state index contributed by atoms with van der Waals surface area (Å²) in [6.07, 6.45) is 0. The summed E-state index contributed by atoms with van der Waals surface area (Å²) in [5.41, 5.74) is 1.83. The Hall–Kier alpha value is -1.77. The molecule has 2 unspecified atom stereocenters. The van der Waals surface area contributed by atoms with Gasteiger partial charge in [-0.2, -0.15) is 0 Å². The van der Waals surface area contributed by atoms with Crippen LogP contribution in [0.1, 0.15) is 17.9 Å². The Bertz CT molecular complexity index is 922. The van der Waals surface area contributed by atoms with E-state index >= 15 is 0 Å². The number of nitrogens with zero attached hydrogens (tertiary/aromatic N) is 2. The van der Waals surface area contributed by atoms with Crippen LogP contribution >= 0.6 is 39.9 Å². The normalized spacial score (nSPS) is 21.2. The van der Waals surface area contributed by atoms with Crippen molar-refractivity contribution in [2.45, 2.75) is 18.3 Å². The van der Waals surface area contributed by atoms with E-state index in [0.29, 0.717) is 29.0 Å². The number of anilines is 1. The fraction of sp³-hybridized carbons (Fsp3) is 0.300. The van der Waals surface area contributed by atoms with Gasteiger partial charge in [0.1, 0.15) is 11.4 Å². The molecule has 5 nitrogen and oxygen atoms in total. The van der Waals surface area contributed by atoms with E-state index in [0.717, 1.165) is 15.7 Å². The average Bonchev–Trinajstić information content (AvgIpc) is 3.24. The van der Waals surface area contributed by atoms with E-state index in [1.165, 1.54) is 0 Å². The van der Waals surface area contributed by atoms with Gasteiger partial charge in [0.05, 0.1) is 19.4 Å². The van der Waals surface area contributed by atoms with Crippen LogP contribution in [0.15, 0.2) is 46.9 Å². The quantitative estimate of drug-likeness (QED) is 0.584. The molecule has 2 heterocycles. The van der Waals surface area contributed by atoms with Crippen molar-refractivity contribution in [2.75, 3.05) is 24.4 Å². The van der Waals surface area contributed by atoms with Crippen LogP contribution in [0.2, 0.25) is 0 Å². The molecule has 0 bridgehead atoms. The fourth-order valence-electron chi connectivity index (χ4n) is 3.49. The first-order valence-electron chi connectivity index (χ1n) is 8.89. The summed E-state index contributed by atoms with van der Waals surface area (Å²) in [6.45, 7) is 2.51. The summed E-state index contributed by atoms with van der Waals surface area (Å²) in [4.78, 5) is 16.7. The Labute approximate surface area is 182 Å². The summed E-state index contributed by atoms with van der Waals surface area (Å²) < 4.78 is 12.1. The molecule has 4 rings (SSSR count). The lowest BCUT2D eigenvalue weighted by atomic mass is 10.1. The summed E-state index contributed by atoms with van der Waals surface area (Å²) >= 11 is 10.9. The molecular weight excluding hydrogens is 460 g/mol. The van der Waals surface area contributed by atoms with Gasteiger partial charge in [0.2, 0.25) is 0 Å². The maximum Gasteiger partial charge on any atom is 0.257 e. The van der Waals surface area contributed by atoms with Crippen LogP contribution in [-0.2, 0) is 4.79 Å². The van der Waals surface area contributed by atoms with E-state index in [9.17, 15) is 4.79 Å². The summed E-state index contributed by atoms with van der Waals surface area (Å²) in [5, 5.41) is 0.506. The number of halogens is 1. The minimum Gasteiger partial charge on any atom is -0.493 e. The number of hydrogen-bond acceptors (Lipinski definition) is 5. The predicted octanol–water partition coefficient (Wildman–Crippen LogP) is 4.60. The van der Waals surface area contributed by atoms with Crippen LogP contribution in [0, 0.1) is 0 Å². The van der Waals surface area contributed by atoms with Gasteiger partial charge in [-0.3, -0.25) is 9.69 Å². The Morgan fingerprint density at radius 1 is 1.21 bits per heavy atom. The van der Waals surface area contributed by atoms with E-state index in [2.05, 4.69) is 15.9 Å². The van der Waals surface area contributed by atoms with Crippen LogP contribution < -0.4 is 14.4 Å². The van der Waals surface area contributed by atoms with E-state index < -0.39 is 0 Å². The van der Waals surface area contributed by atoms with Crippen LogP contribution in [0.25, 0.3) is 0 Å². The summed E-state index contributed by atoms with van der Waals surface area (Å²) in [7, 11) is 1.63. The maximum absolute atomic E-state index is 13.0. The molecule has 2 aliphatic heterocycles. The Morgan fingerprint density at radius 2 is 1.96 bits per heavy atom. The molecule has 2 aromatic rings. The predicted molar refractivity (Wildman–Crippen MR) is 119 cm³/mol. The van der Waals surface area contributed by atoms with E-state index in [4.69, 9.17) is 21.7 Å². The maximum atomic E-state index is 13.0. The lowest BCUT2D eigenvalue weighted by Gasteiger charge is -2.26. The number of fused-ring (bicyclic) bond motifs is 1. The van der Waals surface area contributed by atoms with Crippen molar-refractivity contribution < 1.29 is 14.3 Å². The number of methoxy groups -OCH3 is 1. The van der Waals surface area contributed by atoms with Crippen molar-refractivity contribution in [1.82, 2.24) is 4.90 Å². The Kier molecular flexibility index (Phi) is 5.53. The smallest absolute Gasteiger partial charge is 0.257 e. The van der Waals surface area contributed by atoms with Gasteiger partial charge in [-0.05, 0) is 61.1 Å². The molecule has 8 heteroatoms. The number of carbonyl (C=O) groups is 1. The Morgan fingerprint density at radius 3 is 2.64 bits per heavy atom. The highest BCUT2D eigenvalue weighted by Crippen LogP contribution is 2.47. The summed E-state index contributed by atoms with van der Waals surface area (Å²) in [6, 6.07) is 13.3. The number of amides is 1. The third-order valence-corrected chi connectivity index (χ3v) is 7.02. The monoisotopic (exact) mass is 478 g/mol. The van der Waals surface area contributed by atoms with Crippen molar-refractivity contribution in [3.05, 3.63) is 52.5 Å². The van der Waals surface area contributed by atoms with Gasteiger partial charge in [0.25, 0.3) is 5.91 Å². The zero-order valence-corrected chi connectivity index (χ0v) is 18.6. The molecule has 2 saturated heterocycles. The highest BCUT2D eigenvalue weighted by molar-refractivity contribution is 9.10. The number of rotatable bonds is 5. The third kappa shape index (κ3) is 3.27. The van der Waals surface area contributed by atoms with Gasteiger partial charge in [-0.25, -0.2) is 0 Å². The molecule has 0 saturated carbocycles. The van der Waals surface area contributed by atoms with Crippen molar-refractivity contribution in [2.24, 2.45) is 0 Å². The Balaban J connectivity index is 1.65. The third-order valence-electron chi connectivity index (χ3n) is 4.78. The second-order valence-electron chi connectivity index (χ2n) is 6.38. The van der Waals surface area contributed by atoms with Gasteiger partial charge >= 0.3 is 0 Å². The molecule has 2 aliphatic rings. The lowest BCUT2D eigenvalue weighted by molar-refractivity contribution is -0.119. The zero-order valence-electron chi connectivity index (χ0n) is 15.4. The molecule has 2 fully saturated rings. The van der Waals surface area contributed by atoms with Gasteiger partial charge in [-0.15, -0.1) is 11.8 Å². The molecule has 2 aromatic carbocycles. The largest absolute Gasteiger partial charge is 0.493 e. The molecular formula is C20H19BrN2O3S2. The van der Waals surface area contributed by atoms with Crippen molar-refractivity contribution in [3.63, 3.8) is 0 Å². The minimum absolute atomic E-state index is 0.0280. The average molecular weight is 479 g/mol. The van der Waals surface area contributed by atoms with E-state index in [1.54, 1.807) is 23.8 Å². The first kappa shape index (κ1) is 19.5. The highest BCUT2D eigenvalue weighted by atomic mass is 79.9. The highest BCUT2D eigenvalue weighted by Gasteiger charge is 2.50. The number of hydrogen-bond donors (Lipinski definition) is 0. The molecule has 0 aromatic heterocycles. The molecule has 28 heavy (non-hydrogen) atoms. The number of thiocarbonyl (C=S) groups is 1. The van der Waals surface area contributed by atoms with Crippen LogP contribution in [0.5, 0.6) is 11.5 Å². The molecule has 0 spiro atoms. The molecule has 146 valence electrons. The van der Waals surface area contributed by atoms with Gasteiger partial charge in [0, 0.05) is 10.2 Å². The standard InChI is InChI=1S/C20H19BrN2O3S2/c1-3-26-16-9-4-12(10-17(16)25-2)19-23-15(11-28-19)18(24)22(20(23)27)14-7-5-13(21)6-8-14/h4-10,15,19H,3,11H2,1-2H3. The minimum atomic E-state index is -0.247. The van der Waals surface area contributed by atoms with E-state index in [-0.39, 0.29) is 17.3 Å². The summed E-state index contributed by atoms with van der Waals surface area (Å²) in [5.74, 6) is 2.13. The van der Waals surface area contributed by atoms with Crippen LogP contribution in [0.4, 0.5) is 5.69 Å². The van der Waals surface area contributed by atoms with Crippen LogP contribution in [0.3, 0.4) is 0 Å².